The Bertz CT molecular complexity index is 1040. The van der Waals surface area contributed by atoms with E-state index < -0.39 is 12.1 Å². The van der Waals surface area contributed by atoms with Gasteiger partial charge in [0.15, 0.2) is 0 Å². The van der Waals surface area contributed by atoms with Gasteiger partial charge in [-0.25, -0.2) is 9.59 Å². The van der Waals surface area contributed by atoms with Gasteiger partial charge in [-0.1, -0.05) is 48.5 Å². The summed E-state index contributed by atoms with van der Waals surface area (Å²) in [4.78, 5) is 25.3. The lowest BCUT2D eigenvalue weighted by Gasteiger charge is -2.15. The molecular formula is C22H19NO4S. The number of ether oxygens (including phenoxy) is 1. The fraction of sp³-hybridized carbons (Fsp3) is 0.182. The zero-order chi connectivity index (χ0) is 19.8. The monoisotopic (exact) mass is 393 g/mol. The quantitative estimate of drug-likeness (QED) is 0.620. The van der Waals surface area contributed by atoms with Crippen LogP contribution >= 0.6 is 11.3 Å². The second-order valence-corrected chi connectivity index (χ2v) is 8.15. The highest BCUT2D eigenvalue weighted by Crippen LogP contribution is 2.44. The molecule has 6 heteroatoms. The van der Waals surface area contributed by atoms with Gasteiger partial charge in [0.25, 0.3) is 0 Å². The van der Waals surface area contributed by atoms with Crippen molar-refractivity contribution >= 4 is 29.1 Å². The summed E-state index contributed by atoms with van der Waals surface area (Å²) >= 11 is 1.34. The first-order valence-electron chi connectivity index (χ1n) is 8.92. The molecule has 4 rings (SSSR count). The lowest BCUT2D eigenvalue weighted by molar-refractivity contribution is 0.0698. The van der Waals surface area contributed by atoms with E-state index in [0.717, 1.165) is 27.1 Å². The van der Waals surface area contributed by atoms with Crippen molar-refractivity contribution in [2.45, 2.75) is 19.8 Å². The summed E-state index contributed by atoms with van der Waals surface area (Å²) < 4.78 is 5.50. The van der Waals surface area contributed by atoms with E-state index in [4.69, 9.17) is 4.74 Å². The van der Waals surface area contributed by atoms with Gasteiger partial charge in [-0.3, -0.25) is 5.32 Å². The van der Waals surface area contributed by atoms with E-state index in [1.165, 1.54) is 11.3 Å². The number of nitrogens with one attached hydrogen (secondary N) is 1. The Hall–Kier alpha value is -3.12. The minimum atomic E-state index is -1.06. The molecule has 3 aromatic rings. The third-order valence-electron chi connectivity index (χ3n) is 5.04. The maximum absolute atomic E-state index is 12.4. The van der Waals surface area contributed by atoms with E-state index in [1.54, 1.807) is 13.8 Å². The van der Waals surface area contributed by atoms with Crippen molar-refractivity contribution in [1.82, 2.24) is 0 Å². The maximum atomic E-state index is 12.4. The van der Waals surface area contributed by atoms with Crippen LogP contribution in [0.5, 0.6) is 0 Å². The minimum absolute atomic E-state index is 0.0394. The average molecular weight is 393 g/mol. The first-order chi connectivity index (χ1) is 13.5. The Kier molecular flexibility index (Phi) is 4.65. The summed E-state index contributed by atoms with van der Waals surface area (Å²) in [6.07, 6.45) is -0.648. The Labute approximate surface area is 166 Å². The summed E-state index contributed by atoms with van der Waals surface area (Å²) in [6.45, 7) is 3.69. The molecule has 0 radical (unpaired) electrons. The number of aromatic carboxylic acids is 1. The molecule has 1 amide bonds. The molecule has 2 aromatic carbocycles. The molecule has 1 aliphatic carbocycles. The molecule has 0 atom stereocenters. The van der Waals surface area contributed by atoms with E-state index in [0.29, 0.717) is 10.6 Å². The lowest BCUT2D eigenvalue weighted by atomic mass is 9.98. The number of carboxylic acids is 1. The van der Waals surface area contributed by atoms with Crippen LogP contribution in [-0.2, 0) is 4.74 Å². The number of fused-ring (bicyclic) bond motifs is 3. The van der Waals surface area contributed by atoms with Crippen molar-refractivity contribution < 1.29 is 19.4 Å². The number of hydrogen-bond donors (Lipinski definition) is 2. The molecule has 142 valence electrons. The van der Waals surface area contributed by atoms with Gasteiger partial charge in [0.2, 0.25) is 0 Å². The molecule has 1 aromatic heterocycles. The van der Waals surface area contributed by atoms with E-state index in [1.807, 2.05) is 24.3 Å². The van der Waals surface area contributed by atoms with Gasteiger partial charge in [0, 0.05) is 15.7 Å². The Morgan fingerprint density at radius 3 is 2.14 bits per heavy atom. The summed E-state index contributed by atoms with van der Waals surface area (Å²) in [5.74, 6) is -1.10. The predicted molar refractivity (Wildman–Crippen MR) is 109 cm³/mol. The van der Waals surface area contributed by atoms with Crippen LogP contribution in [0.25, 0.3) is 11.1 Å². The molecule has 0 unspecified atom stereocenters. The standard InChI is InChI=1S/C22H19NO4S/c1-12-19(21(24)25)20(13(2)28-12)23-22(26)27-11-18-16-9-5-3-7-14(16)15-8-4-6-10-17(15)18/h3-10,18H,11H2,1-2H3,(H,23,26)(H,24,25). The van der Waals surface area contributed by atoms with E-state index in [-0.39, 0.29) is 18.1 Å². The third-order valence-corrected chi connectivity index (χ3v) is 6.07. The summed E-state index contributed by atoms with van der Waals surface area (Å²) in [7, 11) is 0. The summed E-state index contributed by atoms with van der Waals surface area (Å²) in [6, 6.07) is 16.2. The fourth-order valence-electron chi connectivity index (χ4n) is 3.83. The first-order valence-corrected chi connectivity index (χ1v) is 9.74. The number of anilines is 1. The molecular weight excluding hydrogens is 374 g/mol. The molecule has 1 heterocycles. The number of thiophene rings is 1. The maximum Gasteiger partial charge on any atom is 0.411 e. The van der Waals surface area contributed by atoms with E-state index in [2.05, 4.69) is 29.6 Å². The van der Waals surface area contributed by atoms with Crippen molar-refractivity contribution in [3.63, 3.8) is 0 Å². The number of aryl methyl sites for hydroxylation is 2. The van der Waals surface area contributed by atoms with Crippen molar-refractivity contribution in [2.75, 3.05) is 11.9 Å². The number of rotatable bonds is 4. The second-order valence-electron chi connectivity index (χ2n) is 6.72. The highest BCUT2D eigenvalue weighted by Gasteiger charge is 2.29. The smallest absolute Gasteiger partial charge is 0.411 e. The van der Waals surface area contributed by atoms with Gasteiger partial charge < -0.3 is 9.84 Å². The van der Waals surface area contributed by atoms with Gasteiger partial charge in [-0.2, -0.15) is 0 Å². The number of carboxylic acid groups (broad SMARTS) is 1. The molecule has 5 nitrogen and oxygen atoms in total. The third kappa shape index (κ3) is 3.05. The van der Waals surface area contributed by atoms with Crippen LogP contribution in [0.2, 0.25) is 0 Å². The van der Waals surface area contributed by atoms with Crippen LogP contribution in [0.3, 0.4) is 0 Å². The largest absolute Gasteiger partial charge is 0.478 e. The lowest BCUT2D eigenvalue weighted by Crippen LogP contribution is -2.19. The fourth-order valence-corrected chi connectivity index (χ4v) is 4.83. The predicted octanol–water partition coefficient (Wildman–Crippen LogP) is 5.42. The molecule has 0 saturated carbocycles. The Balaban J connectivity index is 1.53. The number of carbonyl (C=O) groups is 2. The molecule has 0 bridgehead atoms. The molecule has 0 spiro atoms. The molecule has 1 aliphatic rings. The summed E-state index contributed by atoms with van der Waals surface area (Å²) in [5, 5.41) is 12.0. The Morgan fingerprint density at radius 1 is 1.00 bits per heavy atom. The van der Waals surface area contributed by atoms with Gasteiger partial charge in [-0.05, 0) is 36.1 Å². The number of benzene rings is 2. The van der Waals surface area contributed by atoms with Gasteiger partial charge >= 0.3 is 12.1 Å². The van der Waals surface area contributed by atoms with Crippen LogP contribution in [0.4, 0.5) is 10.5 Å². The highest BCUT2D eigenvalue weighted by atomic mass is 32.1. The number of hydrogen-bond acceptors (Lipinski definition) is 4. The van der Waals surface area contributed by atoms with Gasteiger partial charge in [0.05, 0.1) is 11.3 Å². The van der Waals surface area contributed by atoms with Crippen LogP contribution in [0, 0.1) is 13.8 Å². The summed E-state index contributed by atoms with van der Waals surface area (Å²) in [5.41, 5.74) is 5.01. The zero-order valence-electron chi connectivity index (χ0n) is 15.5. The SMILES string of the molecule is Cc1sc(C)c(C(=O)O)c1NC(=O)OCC1c2ccccc2-c2ccccc21. The number of carbonyl (C=O) groups excluding carboxylic acids is 1. The van der Waals surface area contributed by atoms with Crippen molar-refractivity contribution in [2.24, 2.45) is 0 Å². The van der Waals surface area contributed by atoms with Crippen LogP contribution in [0.1, 0.15) is 37.2 Å². The van der Waals surface area contributed by atoms with E-state index in [9.17, 15) is 14.7 Å². The van der Waals surface area contributed by atoms with Crippen LogP contribution < -0.4 is 5.32 Å². The van der Waals surface area contributed by atoms with Crippen molar-refractivity contribution in [1.29, 1.82) is 0 Å². The molecule has 2 N–H and O–H groups in total. The normalized spacial score (nSPS) is 12.4. The van der Waals surface area contributed by atoms with Gasteiger partial charge in [-0.15, -0.1) is 11.3 Å². The Morgan fingerprint density at radius 2 is 1.57 bits per heavy atom. The van der Waals surface area contributed by atoms with Crippen molar-refractivity contribution in [3.8, 4) is 11.1 Å². The van der Waals surface area contributed by atoms with E-state index >= 15 is 0 Å². The molecule has 0 saturated heterocycles. The zero-order valence-corrected chi connectivity index (χ0v) is 16.3. The highest BCUT2D eigenvalue weighted by molar-refractivity contribution is 7.12. The molecule has 28 heavy (non-hydrogen) atoms. The molecule has 0 aliphatic heterocycles. The number of amides is 1. The van der Waals surface area contributed by atoms with Crippen molar-refractivity contribution in [3.05, 3.63) is 75.0 Å². The molecule has 0 fully saturated rings. The van der Waals surface area contributed by atoms with Gasteiger partial charge in [0.1, 0.15) is 6.61 Å². The van der Waals surface area contributed by atoms with Crippen LogP contribution in [0.15, 0.2) is 48.5 Å². The first kappa shape index (κ1) is 18.3. The minimum Gasteiger partial charge on any atom is -0.478 e. The second kappa shape index (κ2) is 7.13. The van der Waals surface area contributed by atoms with Crippen LogP contribution in [-0.4, -0.2) is 23.8 Å². The topological polar surface area (TPSA) is 75.6 Å². The average Bonchev–Trinajstić information content (AvgIpc) is 3.14.